The van der Waals surface area contributed by atoms with Gasteiger partial charge in [-0.2, -0.15) is 0 Å². The van der Waals surface area contributed by atoms with E-state index in [9.17, 15) is 14.7 Å². The van der Waals surface area contributed by atoms with Crippen LogP contribution < -0.4 is 11.1 Å². The molecule has 1 amide bonds. The number of amides is 1. The van der Waals surface area contributed by atoms with Crippen LogP contribution in [0.4, 0.5) is 4.79 Å². The van der Waals surface area contributed by atoms with Crippen LogP contribution in [0.15, 0.2) is 29.4 Å². The lowest BCUT2D eigenvalue weighted by Crippen LogP contribution is -2.55. The monoisotopic (exact) mass is 401 g/mol. The highest BCUT2D eigenvalue weighted by Gasteiger charge is 2.53. The number of hydrogen-bond donors (Lipinski definition) is 4. The minimum atomic E-state index is -1.14. The Morgan fingerprint density at radius 3 is 2.38 bits per heavy atom. The van der Waals surface area contributed by atoms with Crippen LogP contribution in [0.1, 0.15) is 49.7 Å². The van der Waals surface area contributed by atoms with E-state index in [1.807, 2.05) is 0 Å². The first kappa shape index (κ1) is 19.5. The van der Waals surface area contributed by atoms with Crippen LogP contribution in [-0.2, 0) is 16.0 Å². The number of nitrogens with zero attached hydrogens (tertiary/aromatic N) is 1. The molecule has 8 heteroatoms. The fourth-order valence-electron chi connectivity index (χ4n) is 5.88. The summed E-state index contributed by atoms with van der Waals surface area (Å²) in [6, 6.07) is 5.59. The minimum Gasteiger partial charge on any atom is -0.480 e. The molecule has 8 nitrogen and oxygen atoms in total. The van der Waals surface area contributed by atoms with Gasteiger partial charge in [-0.15, -0.1) is 0 Å². The molecule has 29 heavy (non-hydrogen) atoms. The molecule has 4 fully saturated rings. The molecule has 156 valence electrons. The average molecular weight is 401 g/mol. The van der Waals surface area contributed by atoms with Crippen molar-refractivity contribution in [2.45, 2.75) is 56.6 Å². The van der Waals surface area contributed by atoms with E-state index in [-0.39, 0.29) is 12.3 Å². The fourth-order valence-corrected chi connectivity index (χ4v) is 5.88. The summed E-state index contributed by atoms with van der Waals surface area (Å²) in [5.74, 6) is 0.691. The minimum absolute atomic E-state index is 0.0621. The molecule has 1 unspecified atom stereocenters. The summed E-state index contributed by atoms with van der Waals surface area (Å²) in [4.78, 5) is 24.3. The van der Waals surface area contributed by atoms with Crippen molar-refractivity contribution >= 4 is 17.9 Å². The standard InChI is InChI=1S/C21H27N3O5/c22-18(24-28)16-3-1-2-12(7-16)8-17(19(25)26)23-20(27)29-21-9-13-4-14(10-21)6-15(5-13)11-21/h1-3,7,13-15,17,28H,4-6,8-11H2,(H2,22,24)(H,23,27)(H,25,26). The zero-order valence-corrected chi connectivity index (χ0v) is 16.2. The molecule has 5 N–H and O–H groups in total. The first-order chi connectivity index (χ1) is 13.9. The number of hydrogen-bond acceptors (Lipinski definition) is 5. The molecule has 4 bridgehead atoms. The van der Waals surface area contributed by atoms with E-state index in [1.165, 1.54) is 19.3 Å². The van der Waals surface area contributed by atoms with Crippen LogP contribution >= 0.6 is 0 Å². The molecule has 0 heterocycles. The van der Waals surface area contributed by atoms with E-state index >= 15 is 0 Å². The highest BCUT2D eigenvalue weighted by Crippen LogP contribution is 2.57. The molecule has 4 aliphatic carbocycles. The van der Waals surface area contributed by atoms with Crippen molar-refractivity contribution in [2.75, 3.05) is 0 Å². The van der Waals surface area contributed by atoms with Gasteiger partial charge in [-0.05, 0) is 67.9 Å². The van der Waals surface area contributed by atoms with E-state index in [0.29, 0.717) is 28.9 Å². The van der Waals surface area contributed by atoms with E-state index in [1.54, 1.807) is 24.3 Å². The summed E-state index contributed by atoms with van der Waals surface area (Å²) in [6.45, 7) is 0. The summed E-state index contributed by atoms with van der Waals surface area (Å²) >= 11 is 0. The number of aliphatic carboxylic acids is 1. The molecule has 1 aromatic rings. The summed E-state index contributed by atoms with van der Waals surface area (Å²) < 4.78 is 5.86. The molecular formula is C21H27N3O5. The molecule has 0 radical (unpaired) electrons. The molecule has 1 atom stereocenters. The predicted molar refractivity (Wildman–Crippen MR) is 105 cm³/mol. The number of carbonyl (C=O) groups is 2. The van der Waals surface area contributed by atoms with Crippen LogP contribution in [0.5, 0.6) is 0 Å². The molecule has 0 aromatic heterocycles. The van der Waals surface area contributed by atoms with Gasteiger partial charge in [0.1, 0.15) is 11.6 Å². The van der Waals surface area contributed by atoms with Gasteiger partial charge in [0.25, 0.3) is 0 Å². The number of ether oxygens (including phenoxy) is 1. The smallest absolute Gasteiger partial charge is 0.408 e. The van der Waals surface area contributed by atoms with Crippen LogP contribution in [0.25, 0.3) is 0 Å². The van der Waals surface area contributed by atoms with Gasteiger partial charge in [0.2, 0.25) is 0 Å². The van der Waals surface area contributed by atoms with Crippen molar-refractivity contribution in [1.29, 1.82) is 0 Å². The third-order valence-corrected chi connectivity index (χ3v) is 6.65. The third kappa shape index (κ3) is 4.16. The number of amidine groups is 1. The highest BCUT2D eigenvalue weighted by atomic mass is 16.6. The summed E-state index contributed by atoms with van der Waals surface area (Å²) in [7, 11) is 0. The summed E-state index contributed by atoms with van der Waals surface area (Å²) in [5, 5.41) is 23.9. The normalized spacial score (nSPS) is 31.3. The number of carboxylic acid groups (broad SMARTS) is 1. The van der Waals surface area contributed by atoms with Crippen molar-refractivity contribution in [2.24, 2.45) is 28.6 Å². The average Bonchev–Trinajstić information content (AvgIpc) is 2.65. The highest BCUT2D eigenvalue weighted by molar-refractivity contribution is 5.97. The lowest BCUT2D eigenvalue weighted by Gasteiger charge is -2.55. The van der Waals surface area contributed by atoms with Gasteiger partial charge < -0.3 is 26.1 Å². The van der Waals surface area contributed by atoms with Crippen molar-refractivity contribution in [3.63, 3.8) is 0 Å². The maximum Gasteiger partial charge on any atom is 0.408 e. The maximum absolute atomic E-state index is 12.6. The largest absolute Gasteiger partial charge is 0.480 e. The number of nitrogens with one attached hydrogen (secondary N) is 1. The molecule has 4 aliphatic rings. The Labute approximate surface area is 169 Å². The van der Waals surface area contributed by atoms with Gasteiger partial charge in [-0.3, -0.25) is 0 Å². The molecule has 0 saturated heterocycles. The fraction of sp³-hybridized carbons (Fsp3) is 0.571. The Kier molecular flexibility index (Phi) is 5.10. The van der Waals surface area contributed by atoms with Gasteiger partial charge >= 0.3 is 12.1 Å². The molecule has 0 aliphatic heterocycles. The van der Waals surface area contributed by atoms with E-state index < -0.39 is 23.7 Å². The van der Waals surface area contributed by atoms with Gasteiger partial charge in [0.05, 0.1) is 0 Å². The molecule has 4 saturated carbocycles. The molecule has 0 spiro atoms. The number of oxime groups is 1. The molecule has 1 aromatic carbocycles. The first-order valence-electron chi connectivity index (χ1n) is 10.1. The number of carbonyl (C=O) groups excluding carboxylic acids is 1. The van der Waals surface area contributed by atoms with E-state index in [0.717, 1.165) is 19.3 Å². The topological polar surface area (TPSA) is 134 Å². The lowest BCUT2D eigenvalue weighted by atomic mass is 9.54. The Bertz CT molecular complexity index is 802. The molecule has 5 rings (SSSR count). The second kappa shape index (κ2) is 7.57. The number of rotatable bonds is 6. The maximum atomic E-state index is 12.6. The van der Waals surface area contributed by atoms with Gasteiger partial charge in [0, 0.05) is 12.0 Å². The van der Waals surface area contributed by atoms with Crippen molar-refractivity contribution in [3.05, 3.63) is 35.4 Å². The van der Waals surface area contributed by atoms with Crippen LogP contribution in [0.3, 0.4) is 0 Å². The molecular weight excluding hydrogens is 374 g/mol. The Balaban J connectivity index is 1.41. The van der Waals surface area contributed by atoms with Gasteiger partial charge in [-0.1, -0.05) is 23.4 Å². The van der Waals surface area contributed by atoms with Crippen LogP contribution in [0.2, 0.25) is 0 Å². The number of benzene rings is 1. The zero-order chi connectivity index (χ0) is 20.6. The Morgan fingerprint density at radius 2 is 1.83 bits per heavy atom. The van der Waals surface area contributed by atoms with Crippen molar-refractivity contribution < 1.29 is 24.6 Å². The van der Waals surface area contributed by atoms with E-state index in [4.69, 9.17) is 15.7 Å². The van der Waals surface area contributed by atoms with E-state index in [2.05, 4.69) is 10.5 Å². The SMILES string of the molecule is NC(=NO)c1cccc(CC(NC(=O)OC23CC4CC(CC(C4)C2)C3)C(=O)O)c1. The summed E-state index contributed by atoms with van der Waals surface area (Å²) in [5.41, 5.74) is 6.30. The predicted octanol–water partition coefficient (Wildman–Crippen LogP) is 2.47. The summed E-state index contributed by atoms with van der Waals surface area (Å²) in [6.07, 6.45) is 5.80. The number of alkyl carbamates (subject to hydrolysis) is 1. The lowest BCUT2D eigenvalue weighted by molar-refractivity contribution is -0.141. The van der Waals surface area contributed by atoms with Crippen molar-refractivity contribution in [3.8, 4) is 0 Å². The second-order valence-electron chi connectivity index (χ2n) is 8.91. The third-order valence-electron chi connectivity index (χ3n) is 6.65. The first-order valence-corrected chi connectivity index (χ1v) is 10.1. The quantitative estimate of drug-likeness (QED) is 0.250. The number of carboxylic acids is 1. The van der Waals surface area contributed by atoms with Crippen LogP contribution in [-0.4, -0.2) is 39.9 Å². The number of nitrogens with two attached hydrogens (primary N) is 1. The van der Waals surface area contributed by atoms with Gasteiger partial charge in [-0.25, -0.2) is 9.59 Å². The Hall–Kier alpha value is -2.77. The second-order valence-corrected chi connectivity index (χ2v) is 8.91. The Morgan fingerprint density at radius 1 is 1.21 bits per heavy atom. The van der Waals surface area contributed by atoms with Crippen LogP contribution in [0, 0.1) is 17.8 Å². The van der Waals surface area contributed by atoms with Gasteiger partial charge in [0.15, 0.2) is 5.84 Å². The zero-order valence-electron chi connectivity index (χ0n) is 16.2. The van der Waals surface area contributed by atoms with Crippen molar-refractivity contribution in [1.82, 2.24) is 5.32 Å².